The topological polar surface area (TPSA) is 87.7 Å². The molecule has 0 aliphatic heterocycles. The second-order valence-corrected chi connectivity index (χ2v) is 5.85. The van der Waals surface area contributed by atoms with Gasteiger partial charge in [0.15, 0.2) is 0 Å². The lowest BCUT2D eigenvalue weighted by Crippen LogP contribution is -2.41. The highest BCUT2D eigenvalue weighted by atomic mass is 16.6. The Morgan fingerprint density at radius 3 is 2.53 bits per heavy atom. The summed E-state index contributed by atoms with van der Waals surface area (Å²) in [5, 5.41) is 14.9. The van der Waals surface area contributed by atoms with E-state index < -0.39 is 17.8 Å². The molecule has 0 aromatic carbocycles. The van der Waals surface area contributed by atoms with Gasteiger partial charge in [-0.3, -0.25) is 4.79 Å². The van der Waals surface area contributed by atoms with Crippen LogP contribution in [0.25, 0.3) is 0 Å². The fourth-order valence-corrected chi connectivity index (χ4v) is 1.98. The van der Waals surface area contributed by atoms with Gasteiger partial charge in [-0.05, 0) is 40.0 Å². The monoisotopic (exact) mass is 272 g/mol. The fraction of sp³-hybridized carbons (Fsp3) is 0.846. The molecule has 0 bridgehead atoms. The van der Waals surface area contributed by atoms with E-state index >= 15 is 0 Å². The first-order chi connectivity index (χ1) is 8.78. The normalized spacial score (nSPS) is 22.9. The van der Waals surface area contributed by atoms with Crippen molar-refractivity contribution in [3.05, 3.63) is 0 Å². The van der Waals surface area contributed by atoms with Crippen LogP contribution in [0.4, 0.5) is 4.79 Å². The molecule has 6 heteroatoms. The van der Waals surface area contributed by atoms with Crippen LogP contribution in [0.3, 0.4) is 0 Å². The lowest BCUT2D eigenvalue weighted by molar-refractivity contribution is -0.122. The van der Waals surface area contributed by atoms with Gasteiger partial charge in [0.2, 0.25) is 5.91 Å². The summed E-state index contributed by atoms with van der Waals surface area (Å²) in [5.74, 6) is -0.165. The van der Waals surface area contributed by atoms with Crippen molar-refractivity contribution in [1.82, 2.24) is 10.6 Å². The van der Waals surface area contributed by atoms with Crippen molar-refractivity contribution in [2.24, 2.45) is 0 Å². The van der Waals surface area contributed by atoms with Gasteiger partial charge >= 0.3 is 6.09 Å². The van der Waals surface area contributed by atoms with Crippen LogP contribution in [0, 0.1) is 0 Å². The molecule has 110 valence electrons. The quantitative estimate of drug-likeness (QED) is 0.710. The number of aliphatic hydroxyl groups is 1. The van der Waals surface area contributed by atoms with Crippen LogP contribution in [0.1, 0.15) is 46.5 Å². The summed E-state index contributed by atoms with van der Waals surface area (Å²) in [6.45, 7) is 5.56. The van der Waals surface area contributed by atoms with Gasteiger partial charge < -0.3 is 20.5 Å². The summed E-state index contributed by atoms with van der Waals surface area (Å²) in [7, 11) is 0. The fourth-order valence-electron chi connectivity index (χ4n) is 1.98. The van der Waals surface area contributed by atoms with E-state index in [2.05, 4.69) is 10.6 Å². The predicted octanol–water partition coefficient (Wildman–Crippen LogP) is 0.931. The summed E-state index contributed by atoms with van der Waals surface area (Å²) < 4.78 is 5.05. The number of alkyl carbamates (subject to hydrolysis) is 1. The third-order valence-corrected chi connectivity index (χ3v) is 2.85. The SMILES string of the molecule is CC(C)(C)OC(=O)NCCC(=O)NC1CCCC1O. The third-order valence-electron chi connectivity index (χ3n) is 2.85. The number of aliphatic hydroxyl groups excluding tert-OH is 1. The highest BCUT2D eigenvalue weighted by Crippen LogP contribution is 2.18. The van der Waals surface area contributed by atoms with Crippen LogP contribution in [-0.4, -0.2) is 41.4 Å². The Bertz CT molecular complexity index is 325. The van der Waals surface area contributed by atoms with Crippen molar-refractivity contribution in [2.75, 3.05) is 6.54 Å². The van der Waals surface area contributed by atoms with Crippen molar-refractivity contribution in [2.45, 2.75) is 64.2 Å². The lowest BCUT2D eigenvalue weighted by Gasteiger charge is -2.20. The molecule has 1 fully saturated rings. The maximum Gasteiger partial charge on any atom is 0.407 e. The molecule has 0 spiro atoms. The third kappa shape index (κ3) is 6.42. The average molecular weight is 272 g/mol. The standard InChI is InChI=1S/C13H24N2O4/c1-13(2,3)19-12(18)14-8-7-11(17)15-9-5-4-6-10(9)16/h9-10,16H,4-8H2,1-3H3,(H,14,18)(H,15,17). The Kier molecular flexibility index (Phi) is 5.60. The van der Waals surface area contributed by atoms with Crippen LogP contribution in [0.2, 0.25) is 0 Å². The molecule has 1 rings (SSSR count). The minimum absolute atomic E-state index is 0.144. The second kappa shape index (κ2) is 6.75. The maximum atomic E-state index is 11.6. The molecular formula is C13H24N2O4. The molecule has 0 aromatic rings. The number of rotatable bonds is 4. The number of hydrogen-bond donors (Lipinski definition) is 3. The number of carbonyl (C=O) groups excluding carboxylic acids is 2. The zero-order chi connectivity index (χ0) is 14.5. The molecule has 1 saturated carbocycles. The summed E-state index contributed by atoms with van der Waals surface area (Å²) in [6, 6.07) is -0.144. The molecule has 2 unspecified atom stereocenters. The Hall–Kier alpha value is -1.30. The van der Waals surface area contributed by atoms with Crippen molar-refractivity contribution in [3.63, 3.8) is 0 Å². The van der Waals surface area contributed by atoms with Crippen molar-refractivity contribution >= 4 is 12.0 Å². The van der Waals surface area contributed by atoms with Gasteiger partial charge in [0.25, 0.3) is 0 Å². The first-order valence-corrected chi connectivity index (χ1v) is 6.72. The maximum absolute atomic E-state index is 11.6. The van der Waals surface area contributed by atoms with Gasteiger partial charge in [0.05, 0.1) is 12.1 Å². The van der Waals surface area contributed by atoms with Gasteiger partial charge in [-0.15, -0.1) is 0 Å². The molecule has 0 heterocycles. The van der Waals surface area contributed by atoms with Crippen LogP contribution in [0.15, 0.2) is 0 Å². The van der Waals surface area contributed by atoms with Gasteiger partial charge in [0.1, 0.15) is 5.60 Å². The van der Waals surface area contributed by atoms with Gasteiger partial charge in [-0.1, -0.05) is 0 Å². The van der Waals surface area contributed by atoms with E-state index in [0.717, 1.165) is 19.3 Å². The lowest BCUT2D eigenvalue weighted by atomic mass is 10.2. The summed E-state index contributed by atoms with van der Waals surface area (Å²) >= 11 is 0. The largest absolute Gasteiger partial charge is 0.444 e. The molecule has 1 aliphatic carbocycles. The van der Waals surface area contributed by atoms with Crippen LogP contribution < -0.4 is 10.6 Å². The molecular weight excluding hydrogens is 248 g/mol. The van der Waals surface area contributed by atoms with Gasteiger partial charge in [0, 0.05) is 13.0 Å². The molecule has 0 radical (unpaired) electrons. The number of carbonyl (C=O) groups is 2. The molecule has 2 amide bonds. The van der Waals surface area contributed by atoms with Gasteiger partial charge in [-0.25, -0.2) is 4.79 Å². The Balaban J connectivity index is 2.15. The van der Waals surface area contributed by atoms with E-state index in [1.807, 2.05) is 0 Å². The number of hydrogen-bond acceptors (Lipinski definition) is 4. The number of ether oxygens (including phenoxy) is 1. The minimum atomic E-state index is -0.541. The summed E-state index contributed by atoms with van der Waals surface area (Å²) in [4.78, 5) is 22.9. The highest BCUT2D eigenvalue weighted by molar-refractivity contribution is 5.77. The Morgan fingerprint density at radius 2 is 2.00 bits per heavy atom. The summed E-state index contributed by atoms with van der Waals surface area (Å²) in [6.07, 6.45) is 1.70. The van der Waals surface area contributed by atoms with Crippen LogP contribution in [-0.2, 0) is 9.53 Å². The molecule has 0 aromatic heterocycles. The molecule has 6 nitrogen and oxygen atoms in total. The van der Waals surface area contributed by atoms with Crippen molar-refractivity contribution < 1.29 is 19.4 Å². The first-order valence-electron chi connectivity index (χ1n) is 6.72. The van der Waals surface area contributed by atoms with E-state index in [1.54, 1.807) is 20.8 Å². The van der Waals surface area contributed by atoms with Crippen LogP contribution >= 0.6 is 0 Å². The van der Waals surface area contributed by atoms with E-state index in [0.29, 0.717) is 0 Å². The minimum Gasteiger partial charge on any atom is -0.444 e. The zero-order valence-corrected chi connectivity index (χ0v) is 11.9. The molecule has 2 atom stereocenters. The van der Waals surface area contributed by atoms with E-state index in [-0.39, 0.29) is 24.9 Å². The van der Waals surface area contributed by atoms with Crippen molar-refractivity contribution in [1.29, 1.82) is 0 Å². The number of amides is 2. The molecule has 1 aliphatic rings. The number of nitrogens with one attached hydrogen (secondary N) is 2. The van der Waals surface area contributed by atoms with Gasteiger partial charge in [-0.2, -0.15) is 0 Å². The van der Waals surface area contributed by atoms with Crippen molar-refractivity contribution in [3.8, 4) is 0 Å². The van der Waals surface area contributed by atoms with Crippen LogP contribution in [0.5, 0.6) is 0 Å². The predicted molar refractivity (Wildman–Crippen MR) is 70.6 cm³/mol. The Labute approximate surface area is 113 Å². The molecule has 0 saturated heterocycles. The second-order valence-electron chi connectivity index (χ2n) is 5.85. The zero-order valence-electron chi connectivity index (χ0n) is 11.9. The Morgan fingerprint density at radius 1 is 1.32 bits per heavy atom. The highest BCUT2D eigenvalue weighted by Gasteiger charge is 2.26. The van der Waals surface area contributed by atoms with E-state index in [4.69, 9.17) is 4.74 Å². The molecule has 19 heavy (non-hydrogen) atoms. The average Bonchev–Trinajstić information content (AvgIpc) is 2.61. The van der Waals surface area contributed by atoms with E-state index in [9.17, 15) is 14.7 Å². The molecule has 3 N–H and O–H groups in total. The smallest absolute Gasteiger partial charge is 0.407 e. The summed E-state index contributed by atoms with van der Waals surface area (Å²) in [5.41, 5.74) is -0.541. The van der Waals surface area contributed by atoms with E-state index in [1.165, 1.54) is 0 Å². The first kappa shape index (κ1) is 15.8.